The lowest BCUT2D eigenvalue weighted by Gasteiger charge is -2.00. The Morgan fingerprint density at radius 3 is 2.00 bits per heavy atom. The van der Waals surface area contributed by atoms with Gasteiger partial charge in [-0.2, -0.15) is 0 Å². The number of rotatable bonds is 3. The van der Waals surface area contributed by atoms with Gasteiger partial charge in [0.2, 0.25) is 0 Å². The van der Waals surface area contributed by atoms with Crippen LogP contribution in [0.4, 0.5) is 0 Å². The van der Waals surface area contributed by atoms with E-state index in [1.54, 1.807) is 0 Å². The number of carbonyl (C=O) groups is 1. The number of hydrogen-bond acceptors (Lipinski definition) is 3. The first kappa shape index (κ1) is 13.0. The molecule has 0 fully saturated rings. The van der Waals surface area contributed by atoms with Crippen LogP contribution in [0, 0.1) is 0 Å². The molecule has 0 aromatic heterocycles. The Labute approximate surface area is 67.0 Å². The minimum atomic E-state index is -1.03. The van der Waals surface area contributed by atoms with Crippen LogP contribution in [0.5, 0.6) is 0 Å². The Hall–Kier alpha value is -0.610. The summed E-state index contributed by atoms with van der Waals surface area (Å²) in [5.41, 5.74) is 4.91. The van der Waals surface area contributed by atoms with Crippen molar-refractivity contribution in [3.8, 4) is 0 Å². The molecule has 0 aliphatic carbocycles. The van der Waals surface area contributed by atoms with Gasteiger partial charge in [-0.3, -0.25) is 4.79 Å². The summed E-state index contributed by atoms with van der Waals surface area (Å²) < 4.78 is 0. The zero-order valence-electron chi connectivity index (χ0n) is 7.08. The van der Waals surface area contributed by atoms with E-state index in [0.29, 0.717) is 0 Å². The Kier molecular flexibility index (Phi) is 11.1. The van der Waals surface area contributed by atoms with E-state index in [-0.39, 0.29) is 13.0 Å². The average molecular weight is 163 g/mol. The van der Waals surface area contributed by atoms with Crippen molar-refractivity contribution < 1.29 is 15.0 Å². The molecular formula is C7H17NO3. The molecule has 0 saturated heterocycles. The molecule has 0 rings (SSSR count). The van der Waals surface area contributed by atoms with Crippen LogP contribution in [0.1, 0.15) is 26.7 Å². The van der Waals surface area contributed by atoms with Crippen LogP contribution < -0.4 is 5.73 Å². The fourth-order valence-corrected chi connectivity index (χ4v) is 0.285. The zero-order valence-corrected chi connectivity index (χ0v) is 7.08. The second kappa shape index (κ2) is 9.39. The summed E-state index contributed by atoms with van der Waals surface area (Å²) in [6.07, 6.45) is 0.0868. The number of aliphatic hydroxyl groups excluding tert-OH is 1. The largest absolute Gasteiger partial charge is 0.481 e. The molecular weight excluding hydrogens is 146 g/mol. The van der Waals surface area contributed by atoms with Gasteiger partial charge >= 0.3 is 5.97 Å². The van der Waals surface area contributed by atoms with Crippen LogP contribution in [0.3, 0.4) is 0 Å². The topological polar surface area (TPSA) is 83.5 Å². The molecule has 11 heavy (non-hydrogen) atoms. The van der Waals surface area contributed by atoms with E-state index in [1.807, 2.05) is 0 Å². The predicted octanol–water partition coefficient (Wildman–Crippen LogP) is 0.197. The van der Waals surface area contributed by atoms with E-state index in [2.05, 4.69) is 13.8 Å². The third-order valence-corrected chi connectivity index (χ3v) is 0.682. The summed E-state index contributed by atoms with van der Waals surface area (Å²) in [5.74, 6) is -1.03. The molecule has 0 spiro atoms. The molecule has 0 amide bonds. The van der Waals surface area contributed by atoms with Gasteiger partial charge in [0, 0.05) is 6.54 Å². The van der Waals surface area contributed by atoms with E-state index < -0.39 is 12.1 Å². The molecule has 0 heterocycles. The van der Waals surface area contributed by atoms with Gasteiger partial charge in [0.05, 0.1) is 12.5 Å². The Morgan fingerprint density at radius 1 is 1.55 bits per heavy atom. The van der Waals surface area contributed by atoms with Crippen molar-refractivity contribution in [1.29, 1.82) is 0 Å². The summed E-state index contributed by atoms with van der Waals surface area (Å²) in [6.45, 7) is 4.26. The van der Waals surface area contributed by atoms with Gasteiger partial charge in [0.25, 0.3) is 0 Å². The quantitative estimate of drug-likeness (QED) is 0.555. The smallest absolute Gasteiger partial charge is 0.306 e. The van der Waals surface area contributed by atoms with Gasteiger partial charge in [-0.05, 0) is 0 Å². The normalized spacial score (nSPS) is 11.3. The minimum absolute atomic E-state index is 0.00625. The summed E-state index contributed by atoms with van der Waals surface area (Å²) in [7, 11) is 0. The Morgan fingerprint density at radius 2 is 1.91 bits per heavy atom. The first-order chi connectivity index (χ1) is 5.08. The molecule has 0 aromatic rings. The highest BCUT2D eigenvalue weighted by Crippen LogP contribution is 1.85. The Bertz CT molecular complexity index is 95.7. The van der Waals surface area contributed by atoms with Gasteiger partial charge in [-0.25, -0.2) is 0 Å². The maximum Gasteiger partial charge on any atom is 0.306 e. The van der Waals surface area contributed by atoms with E-state index in [0.717, 1.165) is 0 Å². The highest BCUT2D eigenvalue weighted by Gasteiger charge is 2.04. The second-order valence-electron chi connectivity index (χ2n) is 2.19. The SMILES string of the molecule is CCC.NCC(O)CC(=O)O. The fraction of sp³-hybridized carbons (Fsp3) is 0.857. The number of nitrogens with two attached hydrogens (primary N) is 1. The molecule has 68 valence electrons. The van der Waals surface area contributed by atoms with Crippen LogP contribution in [0.15, 0.2) is 0 Å². The third-order valence-electron chi connectivity index (χ3n) is 0.682. The lowest BCUT2D eigenvalue weighted by atomic mass is 10.3. The van der Waals surface area contributed by atoms with Crippen LogP contribution in [-0.4, -0.2) is 28.8 Å². The number of aliphatic carboxylic acids is 1. The van der Waals surface area contributed by atoms with Crippen molar-refractivity contribution in [2.75, 3.05) is 6.54 Å². The van der Waals surface area contributed by atoms with Gasteiger partial charge < -0.3 is 15.9 Å². The first-order valence-electron chi connectivity index (χ1n) is 3.68. The molecule has 0 bridgehead atoms. The van der Waals surface area contributed by atoms with Crippen molar-refractivity contribution in [3.05, 3.63) is 0 Å². The fourth-order valence-electron chi connectivity index (χ4n) is 0.285. The molecule has 0 aliphatic rings. The van der Waals surface area contributed by atoms with Gasteiger partial charge in [0.1, 0.15) is 0 Å². The number of carboxylic acid groups (broad SMARTS) is 1. The van der Waals surface area contributed by atoms with Crippen LogP contribution in [0.2, 0.25) is 0 Å². The van der Waals surface area contributed by atoms with E-state index >= 15 is 0 Å². The standard InChI is InChI=1S/C4H9NO3.C3H8/c5-2-3(6)1-4(7)8;1-3-2/h3,6H,1-2,5H2,(H,7,8);3H2,1-2H3. The molecule has 4 N–H and O–H groups in total. The van der Waals surface area contributed by atoms with Gasteiger partial charge in [-0.1, -0.05) is 20.3 Å². The summed E-state index contributed by atoms with van der Waals surface area (Å²) in [6, 6.07) is 0. The van der Waals surface area contributed by atoms with Crippen molar-refractivity contribution >= 4 is 5.97 Å². The second-order valence-corrected chi connectivity index (χ2v) is 2.19. The lowest BCUT2D eigenvalue weighted by molar-refractivity contribution is -0.139. The lowest BCUT2D eigenvalue weighted by Crippen LogP contribution is -2.22. The van der Waals surface area contributed by atoms with Crippen LogP contribution in [0.25, 0.3) is 0 Å². The average Bonchev–Trinajstić information content (AvgIpc) is 1.88. The van der Waals surface area contributed by atoms with Gasteiger partial charge in [-0.15, -0.1) is 0 Å². The van der Waals surface area contributed by atoms with Crippen molar-refractivity contribution in [1.82, 2.24) is 0 Å². The minimum Gasteiger partial charge on any atom is -0.481 e. The number of hydrogen-bond donors (Lipinski definition) is 3. The van der Waals surface area contributed by atoms with Crippen LogP contribution in [-0.2, 0) is 4.79 Å². The number of carboxylic acids is 1. The first-order valence-corrected chi connectivity index (χ1v) is 3.68. The van der Waals surface area contributed by atoms with E-state index in [9.17, 15) is 4.79 Å². The predicted molar refractivity (Wildman–Crippen MR) is 43.3 cm³/mol. The van der Waals surface area contributed by atoms with Crippen molar-refractivity contribution in [3.63, 3.8) is 0 Å². The molecule has 0 aliphatic heterocycles. The third kappa shape index (κ3) is 17.7. The summed E-state index contributed by atoms with van der Waals surface area (Å²) in [5, 5.41) is 16.5. The molecule has 4 heteroatoms. The molecule has 0 aromatic carbocycles. The van der Waals surface area contributed by atoms with Crippen molar-refractivity contribution in [2.24, 2.45) is 5.73 Å². The van der Waals surface area contributed by atoms with Crippen molar-refractivity contribution in [2.45, 2.75) is 32.8 Å². The zero-order chi connectivity index (χ0) is 9.28. The molecule has 1 unspecified atom stereocenters. The monoisotopic (exact) mass is 163 g/mol. The highest BCUT2D eigenvalue weighted by molar-refractivity contribution is 5.67. The summed E-state index contributed by atoms with van der Waals surface area (Å²) >= 11 is 0. The molecule has 0 radical (unpaired) electrons. The molecule has 1 atom stereocenters. The van der Waals surface area contributed by atoms with Crippen LogP contribution >= 0.6 is 0 Å². The maximum atomic E-state index is 9.75. The summed E-state index contributed by atoms with van der Waals surface area (Å²) in [4.78, 5) is 9.75. The molecule has 0 saturated carbocycles. The Balaban J connectivity index is 0. The van der Waals surface area contributed by atoms with E-state index in [4.69, 9.17) is 15.9 Å². The van der Waals surface area contributed by atoms with E-state index in [1.165, 1.54) is 6.42 Å². The molecule has 4 nitrogen and oxygen atoms in total. The number of aliphatic hydroxyl groups is 1. The van der Waals surface area contributed by atoms with Gasteiger partial charge in [0.15, 0.2) is 0 Å². The maximum absolute atomic E-state index is 9.75. The highest BCUT2D eigenvalue weighted by atomic mass is 16.4.